The third-order valence-electron chi connectivity index (χ3n) is 3.94. The number of fused-ring (bicyclic) bond motifs is 1. The highest BCUT2D eigenvalue weighted by molar-refractivity contribution is 6.30. The van der Waals surface area contributed by atoms with Gasteiger partial charge in [-0.3, -0.25) is 10.0 Å². The van der Waals surface area contributed by atoms with Crippen LogP contribution in [0.25, 0.3) is 0 Å². The fraction of sp³-hybridized carbons (Fsp3) is 0.250. The standard InChI is InChI=1S/C16H16ClN3O2/c17-15-9-12-6-7-20(14(12)10-18-15)13(16(21)19-22)8-11-4-2-1-3-5-11/h1-7,9-10,12-14,22H,8H2,(H,19,21). The van der Waals surface area contributed by atoms with Crippen molar-refractivity contribution in [2.45, 2.75) is 18.5 Å². The molecule has 0 saturated heterocycles. The van der Waals surface area contributed by atoms with Crippen LogP contribution in [0.1, 0.15) is 5.56 Å². The number of nitrogens with zero attached hydrogens (tertiary/aromatic N) is 2. The molecule has 3 rings (SSSR count). The number of carbonyl (C=O) groups is 1. The Bertz CT molecular complexity index is 642. The van der Waals surface area contributed by atoms with Crippen molar-refractivity contribution in [1.82, 2.24) is 10.4 Å². The van der Waals surface area contributed by atoms with Crippen molar-refractivity contribution >= 4 is 23.7 Å². The van der Waals surface area contributed by atoms with Gasteiger partial charge in [0.15, 0.2) is 0 Å². The Kier molecular flexibility index (Phi) is 4.27. The number of rotatable bonds is 4. The van der Waals surface area contributed by atoms with Crippen LogP contribution in [0.5, 0.6) is 0 Å². The molecule has 114 valence electrons. The zero-order valence-corrected chi connectivity index (χ0v) is 12.5. The summed E-state index contributed by atoms with van der Waals surface area (Å²) in [6.45, 7) is 0. The number of hydrogen-bond acceptors (Lipinski definition) is 4. The lowest BCUT2D eigenvalue weighted by Crippen LogP contribution is -2.49. The molecule has 22 heavy (non-hydrogen) atoms. The first-order valence-electron chi connectivity index (χ1n) is 7.04. The minimum absolute atomic E-state index is 0.0616. The van der Waals surface area contributed by atoms with Crippen LogP contribution >= 0.6 is 11.6 Å². The second-order valence-corrected chi connectivity index (χ2v) is 5.69. The summed E-state index contributed by atoms with van der Waals surface area (Å²) in [6, 6.07) is 9.12. The van der Waals surface area contributed by atoms with Gasteiger partial charge in [0, 0.05) is 18.6 Å². The van der Waals surface area contributed by atoms with Gasteiger partial charge in [-0.05, 0) is 17.8 Å². The maximum absolute atomic E-state index is 12.1. The van der Waals surface area contributed by atoms with Gasteiger partial charge >= 0.3 is 0 Å². The largest absolute Gasteiger partial charge is 0.357 e. The van der Waals surface area contributed by atoms with Crippen molar-refractivity contribution in [1.29, 1.82) is 0 Å². The molecule has 0 radical (unpaired) electrons. The highest BCUT2D eigenvalue weighted by Gasteiger charge is 2.36. The topological polar surface area (TPSA) is 64.9 Å². The number of aliphatic imine (C=N–C) groups is 1. The first-order valence-corrected chi connectivity index (χ1v) is 7.42. The quantitative estimate of drug-likeness (QED) is 0.508. The molecule has 1 aromatic carbocycles. The fourth-order valence-corrected chi connectivity index (χ4v) is 3.05. The Balaban J connectivity index is 1.83. The molecule has 5 nitrogen and oxygen atoms in total. The lowest BCUT2D eigenvalue weighted by molar-refractivity contribution is -0.134. The number of nitrogens with one attached hydrogen (secondary N) is 1. The molecule has 2 aliphatic heterocycles. The maximum atomic E-state index is 12.1. The molecular weight excluding hydrogens is 302 g/mol. The average Bonchev–Trinajstić information content (AvgIpc) is 2.95. The van der Waals surface area contributed by atoms with Gasteiger partial charge in [0.05, 0.1) is 6.04 Å². The van der Waals surface area contributed by atoms with Crippen LogP contribution in [0.3, 0.4) is 0 Å². The number of hydrogen-bond donors (Lipinski definition) is 2. The van der Waals surface area contributed by atoms with E-state index in [2.05, 4.69) is 4.99 Å². The van der Waals surface area contributed by atoms with Crippen LogP contribution in [-0.2, 0) is 11.2 Å². The van der Waals surface area contributed by atoms with Gasteiger partial charge in [-0.2, -0.15) is 0 Å². The number of amides is 1. The van der Waals surface area contributed by atoms with Gasteiger partial charge in [0.2, 0.25) is 0 Å². The van der Waals surface area contributed by atoms with E-state index in [0.717, 1.165) is 5.56 Å². The molecule has 0 bridgehead atoms. The number of halogens is 1. The zero-order valence-electron chi connectivity index (χ0n) is 11.8. The molecule has 3 unspecified atom stereocenters. The highest BCUT2D eigenvalue weighted by Crippen LogP contribution is 2.30. The van der Waals surface area contributed by atoms with Crippen molar-refractivity contribution in [3.63, 3.8) is 0 Å². The molecule has 0 aromatic heterocycles. The van der Waals surface area contributed by atoms with E-state index in [9.17, 15) is 4.79 Å². The fourth-order valence-electron chi connectivity index (χ4n) is 2.85. The van der Waals surface area contributed by atoms with Crippen LogP contribution in [0, 0.1) is 5.92 Å². The van der Waals surface area contributed by atoms with Crippen LogP contribution in [0.4, 0.5) is 0 Å². The summed E-state index contributed by atoms with van der Waals surface area (Å²) >= 11 is 5.92. The third-order valence-corrected chi connectivity index (χ3v) is 4.17. The summed E-state index contributed by atoms with van der Waals surface area (Å²) in [6.07, 6.45) is 7.96. The molecule has 0 aliphatic carbocycles. The predicted octanol–water partition coefficient (Wildman–Crippen LogP) is 2.08. The third kappa shape index (κ3) is 2.91. The molecule has 2 heterocycles. The first-order chi connectivity index (χ1) is 10.7. The summed E-state index contributed by atoms with van der Waals surface area (Å²) in [4.78, 5) is 18.2. The first kappa shape index (κ1) is 14.8. The van der Waals surface area contributed by atoms with E-state index in [1.54, 1.807) is 11.7 Å². The molecule has 2 N–H and O–H groups in total. The minimum atomic E-state index is -0.518. The Morgan fingerprint density at radius 3 is 2.91 bits per heavy atom. The van der Waals surface area contributed by atoms with Crippen LogP contribution < -0.4 is 5.48 Å². The van der Waals surface area contributed by atoms with Crippen molar-refractivity contribution < 1.29 is 10.0 Å². The van der Waals surface area contributed by atoms with E-state index in [4.69, 9.17) is 16.8 Å². The van der Waals surface area contributed by atoms with Crippen molar-refractivity contribution in [3.8, 4) is 0 Å². The lowest BCUT2D eigenvalue weighted by atomic mass is 9.98. The summed E-state index contributed by atoms with van der Waals surface area (Å²) in [5, 5.41) is 9.52. The Morgan fingerprint density at radius 1 is 1.41 bits per heavy atom. The van der Waals surface area contributed by atoms with Crippen LogP contribution in [0.2, 0.25) is 0 Å². The van der Waals surface area contributed by atoms with Crippen molar-refractivity contribution in [2.75, 3.05) is 0 Å². The highest BCUT2D eigenvalue weighted by atomic mass is 35.5. The van der Waals surface area contributed by atoms with Crippen LogP contribution in [-0.4, -0.2) is 34.3 Å². The number of benzene rings is 1. The van der Waals surface area contributed by atoms with Gasteiger partial charge < -0.3 is 4.90 Å². The van der Waals surface area contributed by atoms with Gasteiger partial charge in [-0.1, -0.05) is 48.0 Å². The van der Waals surface area contributed by atoms with E-state index in [0.29, 0.717) is 11.6 Å². The minimum Gasteiger partial charge on any atom is -0.357 e. The molecule has 0 fully saturated rings. The molecule has 0 spiro atoms. The smallest absolute Gasteiger partial charge is 0.266 e. The van der Waals surface area contributed by atoms with Gasteiger partial charge in [-0.25, -0.2) is 10.5 Å². The monoisotopic (exact) mass is 317 g/mol. The molecule has 3 atom stereocenters. The second kappa shape index (κ2) is 6.34. The molecule has 1 amide bonds. The van der Waals surface area contributed by atoms with Gasteiger partial charge in [-0.15, -0.1) is 0 Å². The van der Waals surface area contributed by atoms with Gasteiger partial charge in [0.25, 0.3) is 5.91 Å². The van der Waals surface area contributed by atoms with Gasteiger partial charge in [0.1, 0.15) is 11.2 Å². The molecule has 1 aromatic rings. The summed E-state index contributed by atoms with van der Waals surface area (Å²) < 4.78 is 0. The zero-order chi connectivity index (χ0) is 15.5. The predicted molar refractivity (Wildman–Crippen MR) is 84.5 cm³/mol. The van der Waals surface area contributed by atoms with Crippen LogP contribution in [0.15, 0.2) is 58.8 Å². The van der Waals surface area contributed by atoms with E-state index in [-0.39, 0.29) is 12.0 Å². The maximum Gasteiger partial charge on any atom is 0.266 e. The summed E-state index contributed by atoms with van der Waals surface area (Å²) in [5.74, 6) is -0.349. The Labute approximate surface area is 133 Å². The molecule has 2 aliphatic rings. The van der Waals surface area contributed by atoms with Crippen molar-refractivity contribution in [2.24, 2.45) is 10.9 Å². The Hall–Kier alpha value is -2.11. The Morgan fingerprint density at radius 2 is 2.18 bits per heavy atom. The second-order valence-electron chi connectivity index (χ2n) is 5.31. The number of hydroxylamine groups is 1. The lowest BCUT2D eigenvalue weighted by Gasteiger charge is -2.33. The van der Waals surface area contributed by atoms with Crippen molar-refractivity contribution in [3.05, 3.63) is 59.4 Å². The van der Waals surface area contributed by atoms with E-state index < -0.39 is 11.9 Å². The summed E-state index contributed by atoms with van der Waals surface area (Å²) in [5.41, 5.74) is 2.79. The molecule has 0 saturated carbocycles. The molecule has 6 heteroatoms. The SMILES string of the molecule is O=C(NO)C(Cc1ccccc1)N1C=CC2C=C(Cl)N=CC21. The summed E-state index contributed by atoms with van der Waals surface area (Å²) in [7, 11) is 0. The van der Waals surface area contributed by atoms with E-state index in [1.807, 2.05) is 53.6 Å². The number of carbonyl (C=O) groups excluding carboxylic acids is 1. The molecular formula is C16H16ClN3O2. The average molecular weight is 318 g/mol. The normalized spacial score (nSPS) is 23.9. The van der Waals surface area contributed by atoms with E-state index >= 15 is 0 Å². The van der Waals surface area contributed by atoms with E-state index in [1.165, 1.54) is 0 Å².